The third-order valence-electron chi connectivity index (χ3n) is 8.59. The first kappa shape index (κ1) is 47.2. The van der Waals surface area contributed by atoms with Crippen LogP contribution >= 0.6 is 0 Å². The quantitative estimate of drug-likeness (QED) is 0.0164. The van der Waals surface area contributed by atoms with Crippen molar-refractivity contribution >= 4 is 54.5 Å². The van der Waals surface area contributed by atoms with E-state index in [9.17, 15) is 53.8 Å². The molecular weight excluding hydrogens is 741 g/mol. The van der Waals surface area contributed by atoms with Crippen molar-refractivity contribution in [3.05, 3.63) is 23.9 Å². The second kappa shape index (κ2) is 25.2. The Morgan fingerprint density at radius 2 is 1.50 bits per heavy atom. The number of nitrogens with two attached hydrogens (primary N) is 1. The van der Waals surface area contributed by atoms with E-state index in [1.807, 2.05) is 0 Å². The fraction of sp³-hybridized carbons (Fsp3) is 0.625. The standard InChI is InChI=1S/C32H54BN11O12/c1-22(32(54)44-10-3-4-24(44)33(55)56)38-31(53)23-6-7-25(37-16-23)39-40-26(45)5-2-8-36-27(46)17-35-9-11-41(18-28(47)48)12-13-42(19-29(49)50)14-15-43(21-34)20-30(51)52/h6-7,16,22,24,35,55-56H,2-5,8-15,17-21,34H2,1H3,(H,36,46)(H,37,39)(H,38,53)(H,40,45)(H,47,48)(H,49,50)(H,51,52)/t22-,24+/m1/s1. The Morgan fingerprint density at radius 3 is 2.07 bits per heavy atom. The number of likely N-dealkylation sites (tertiary alicyclic amines) is 1. The number of anilines is 1. The SMILES string of the molecule is C[C@@H](NC(=O)c1ccc(NNC(=O)CCCNC(=O)CNCCN(CCN(CCN(CN)CC(=O)O)CC(=O)O)CC(=O)O)nc1)C(=O)N1CCC[C@H]1B(O)O. The minimum Gasteiger partial charge on any atom is -0.480 e. The maximum Gasteiger partial charge on any atom is 0.475 e. The number of amides is 4. The molecule has 2 rings (SSSR count). The zero-order valence-electron chi connectivity index (χ0n) is 31.4. The highest BCUT2D eigenvalue weighted by Gasteiger charge is 2.38. The molecule has 4 amide bonds. The Hall–Kier alpha value is -4.98. The number of aliphatic carboxylic acids is 3. The van der Waals surface area contributed by atoms with Crippen LogP contribution in [0.15, 0.2) is 18.3 Å². The van der Waals surface area contributed by atoms with E-state index in [1.165, 1.54) is 35.1 Å². The van der Waals surface area contributed by atoms with E-state index in [0.29, 0.717) is 25.8 Å². The molecule has 23 nitrogen and oxygen atoms in total. The van der Waals surface area contributed by atoms with Gasteiger partial charge in [-0.3, -0.25) is 59.1 Å². The lowest BCUT2D eigenvalue weighted by atomic mass is 9.78. The number of carbonyl (C=O) groups excluding carboxylic acids is 4. The molecule has 1 fully saturated rings. The molecule has 24 heteroatoms. The maximum atomic E-state index is 12.7. The number of hydrogen-bond donors (Lipinski definition) is 11. The van der Waals surface area contributed by atoms with Gasteiger partial charge in [0.15, 0.2) is 0 Å². The van der Waals surface area contributed by atoms with Gasteiger partial charge in [-0.2, -0.15) is 0 Å². The van der Waals surface area contributed by atoms with Crippen LogP contribution < -0.4 is 32.5 Å². The summed E-state index contributed by atoms with van der Waals surface area (Å²) in [6.45, 7) is 2.32. The smallest absolute Gasteiger partial charge is 0.475 e. The highest BCUT2D eigenvalue weighted by molar-refractivity contribution is 6.43. The van der Waals surface area contributed by atoms with Crippen molar-refractivity contribution in [2.24, 2.45) is 5.73 Å². The molecule has 0 unspecified atom stereocenters. The molecule has 1 aromatic rings. The Labute approximate surface area is 324 Å². The van der Waals surface area contributed by atoms with Gasteiger partial charge < -0.3 is 52.0 Å². The molecule has 2 atom stereocenters. The molecule has 312 valence electrons. The first-order valence-corrected chi connectivity index (χ1v) is 18.1. The number of carboxylic acid groups (broad SMARTS) is 3. The Balaban J connectivity index is 1.65. The molecule has 0 saturated carbocycles. The van der Waals surface area contributed by atoms with Crippen molar-refractivity contribution in [2.75, 3.05) is 90.6 Å². The fourth-order valence-corrected chi connectivity index (χ4v) is 5.66. The Morgan fingerprint density at radius 1 is 0.893 bits per heavy atom. The number of nitrogens with zero attached hydrogens (tertiary/aromatic N) is 5. The molecule has 1 aliphatic rings. The summed E-state index contributed by atoms with van der Waals surface area (Å²) in [6, 6.07) is 1.98. The van der Waals surface area contributed by atoms with Gasteiger partial charge in [-0.1, -0.05) is 0 Å². The predicted molar refractivity (Wildman–Crippen MR) is 199 cm³/mol. The first-order chi connectivity index (χ1) is 26.6. The average molecular weight is 796 g/mol. The topological polar surface area (TPSA) is 333 Å². The molecule has 0 spiro atoms. The van der Waals surface area contributed by atoms with Crippen molar-refractivity contribution in [1.29, 1.82) is 0 Å². The van der Waals surface area contributed by atoms with Crippen LogP contribution in [0.25, 0.3) is 0 Å². The predicted octanol–water partition coefficient (Wildman–Crippen LogP) is -4.79. The summed E-state index contributed by atoms with van der Waals surface area (Å²) in [5.41, 5.74) is 10.8. The number of rotatable bonds is 28. The largest absolute Gasteiger partial charge is 0.480 e. The molecule has 1 aliphatic heterocycles. The molecule has 2 heterocycles. The Kier molecular flexibility index (Phi) is 21.3. The van der Waals surface area contributed by atoms with Crippen LogP contribution in [0.2, 0.25) is 0 Å². The van der Waals surface area contributed by atoms with Crippen LogP contribution in [0.4, 0.5) is 5.82 Å². The molecule has 1 aromatic heterocycles. The van der Waals surface area contributed by atoms with Crippen molar-refractivity contribution in [2.45, 2.75) is 44.6 Å². The minimum atomic E-state index is -1.66. The third-order valence-corrected chi connectivity index (χ3v) is 8.59. The summed E-state index contributed by atoms with van der Waals surface area (Å²) >= 11 is 0. The summed E-state index contributed by atoms with van der Waals surface area (Å²) < 4.78 is 0. The van der Waals surface area contributed by atoms with Crippen LogP contribution in [-0.4, -0.2) is 196 Å². The molecular formula is C32H54BN11O12. The number of nitrogens with one attached hydrogen (secondary N) is 5. The van der Waals surface area contributed by atoms with E-state index in [-0.39, 0.29) is 108 Å². The molecule has 0 bridgehead atoms. The summed E-state index contributed by atoms with van der Waals surface area (Å²) in [6.07, 6.45) is 2.71. The van der Waals surface area contributed by atoms with Crippen LogP contribution in [0.3, 0.4) is 0 Å². The maximum absolute atomic E-state index is 12.7. The van der Waals surface area contributed by atoms with Gasteiger partial charge in [0.25, 0.3) is 5.91 Å². The third kappa shape index (κ3) is 18.6. The van der Waals surface area contributed by atoms with Crippen LogP contribution in [0.1, 0.15) is 43.0 Å². The van der Waals surface area contributed by atoms with Crippen LogP contribution in [0.5, 0.6) is 0 Å². The molecule has 0 radical (unpaired) electrons. The number of hydrazine groups is 1. The van der Waals surface area contributed by atoms with Gasteiger partial charge >= 0.3 is 25.0 Å². The van der Waals surface area contributed by atoms with E-state index < -0.39 is 48.8 Å². The van der Waals surface area contributed by atoms with E-state index >= 15 is 0 Å². The van der Waals surface area contributed by atoms with Gasteiger partial charge in [0, 0.05) is 71.6 Å². The fourth-order valence-electron chi connectivity index (χ4n) is 5.66. The number of pyridine rings is 1. The van der Waals surface area contributed by atoms with Crippen molar-refractivity contribution in [1.82, 2.24) is 46.0 Å². The summed E-state index contributed by atoms with van der Waals surface area (Å²) in [5.74, 6) is -5.46. The van der Waals surface area contributed by atoms with E-state index in [2.05, 4.69) is 31.8 Å². The van der Waals surface area contributed by atoms with Gasteiger partial charge in [0.2, 0.25) is 17.7 Å². The van der Waals surface area contributed by atoms with Gasteiger partial charge in [-0.25, -0.2) is 4.98 Å². The second-order valence-electron chi connectivity index (χ2n) is 13.1. The second-order valence-corrected chi connectivity index (χ2v) is 13.1. The van der Waals surface area contributed by atoms with Gasteiger partial charge in [-0.05, 0) is 38.3 Å². The van der Waals surface area contributed by atoms with E-state index in [1.54, 1.807) is 9.80 Å². The van der Waals surface area contributed by atoms with E-state index in [4.69, 9.17) is 10.8 Å². The molecule has 0 aliphatic carbocycles. The lowest BCUT2D eigenvalue weighted by molar-refractivity contribution is -0.140. The Bertz CT molecular complexity index is 1460. The number of carbonyl (C=O) groups is 7. The van der Waals surface area contributed by atoms with Crippen molar-refractivity contribution in [3.63, 3.8) is 0 Å². The lowest BCUT2D eigenvalue weighted by Gasteiger charge is -2.27. The number of carboxylic acids is 3. The van der Waals surface area contributed by atoms with Gasteiger partial charge in [0.1, 0.15) is 11.9 Å². The van der Waals surface area contributed by atoms with Gasteiger partial charge in [-0.15, -0.1) is 0 Å². The summed E-state index contributed by atoms with van der Waals surface area (Å²) in [7, 11) is -1.66. The monoisotopic (exact) mass is 795 g/mol. The number of hydrogen-bond acceptors (Lipinski definition) is 16. The first-order valence-electron chi connectivity index (χ1n) is 18.1. The molecule has 1 saturated heterocycles. The molecule has 0 aromatic carbocycles. The zero-order chi connectivity index (χ0) is 41.6. The van der Waals surface area contributed by atoms with Crippen molar-refractivity contribution < 1.29 is 58.9 Å². The van der Waals surface area contributed by atoms with Crippen LogP contribution in [-0.2, 0) is 28.8 Å². The highest BCUT2D eigenvalue weighted by Crippen LogP contribution is 2.19. The van der Waals surface area contributed by atoms with E-state index in [0.717, 1.165) is 0 Å². The zero-order valence-corrected chi connectivity index (χ0v) is 31.4. The van der Waals surface area contributed by atoms with Crippen molar-refractivity contribution in [3.8, 4) is 0 Å². The molecule has 56 heavy (non-hydrogen) atoms. The summed E-state index contributed by atoms with van der Waals surface area (Å²) in [4.78, 5) is 93.6. The minimum absolute atomic E-state index is 0.0284. The number of aromatic nitrogens is 1. The van der Waals surface area contributed by atoms with Gasteiger partial charge in [0.05, 0.1) is 37.7 Å². The van der Waals surface area contributed by atoms with Crippen LogP contribution in [0, 0.1) is 0 Å². The average Bonchev–Trinajstić information content (AvgIpc) is 3.64. The highest BCUT2D eigenvalue weighted by atomic mass is 16.4. The lowest BCUT2D eigenvalue weighted by Crippen LogP contribution is -2.52. The normalized spacial score (nSPS) is 14.4. The molecule has 12 N–H and O–H groups in total. The summed E-state index contributed by atoms with van der Waals surface area (Å²) in [5, 5.41) is 54.7.